The van der Waals surface area contributed by atoms with Crippen molar-refractivity contribution in [2.45, 2.75) is 53.9 Å². The molecule has 0 radical (unpaired) electrons. The van der Waals surface area contributed by atoms with Gasteiger partial charge < -0.3 is 10.4 Å². The van der Waals surface area contributed by atoms with Gasteiger partial charge in [0, 0.05) is 11.8 Å². The predicted octanol–water partition coefficient (Wildman–Crippen LogP) is 6.21. The maximum atomic E-state index is 12.1. The standard InChI is InChI=1S/C26H33NO2.Na.H/c1-19(11-16-24-21(3)10-7-17-26(24,4)5)8-6-9-20(2)18-25(29)27-22-12-14-23(28)15-13-22;;/h6,8-9,11-16,18,28H,7,10,17H2,1-5H3,(H,27,29);;/b9-6+,16-11+,19-8+,20-18+;;. The third kappa shape index (κ3) is 8.51. The molecule has 2 rings (SSSR count). The number of phenolic OH excluding ortho intramolecular Hbond substituents is 1. The second-order valence-corrected chi connectivity index (χ2v) is 8.46. The van der Waals surface area contributed by atoms with E-state index in [0.717, 1.165) is 5.57 Å². The normalized spacial score (nSPS) is 17.4. The van der Waals surface area contributed by atoms with Crippen molar-refractivity contribution in [3.8, 4) is 5.75 Å². The van der Waals surface area contributed by atoms with Gasteiger partial charge in [0.05, 0.1) is 0 Å². The van der Waals surface area contributed by atoms with Gasteiger partial charge in [-0.05, 0) is 80.9 Å². The van der Waals surface area contributed by atoms with Crippen molar-refractivity contribution >= 4 is 41.2 Å². The van der Waals surface area contributed by atoms with Crippen LogP contribution in [-0.2, 0) is 4.79 Å². The van der Waals surface area contributed by atoms with Gasteiger partial charge in [-0.25, -0.2) is 0 Å². The number of phenols is 1. The Bertz CT molecular complexity index is 884. The number of aromatic hydroxyl groups is 1. The van der Waals surface area contributed by atoms with E-state index in [1.54, 1.807) is 30.3 Å². The Kier molecular flexibility index (Phi) is 10.6. The fourth-order valence-electron chi connectivity index (χ4n) is 3.61. The van der Waals surface area contributed by atoms with E-state index >= 15 is 0 Å². The van der Waals surface area contributed by atoms with Gasteiger partial charge in [0.1, 0.15) is 5.75 Å². The van der Waals surface area contributed by atoms with Gasteiger partial charge in [-0.2, -0.15) is 0 Å². The van der Waals surface area contributed by atoms with Crippen molar-refractivity contribution in [3.63, 3.8) is 0 Å². The molecule has 1 aromatic rings. The average Bonchev–Trinajstić information content (AvgIpc) is 2.62. The van der Waals surface area contributed by atoms with Crippen LogP contribution in [0.25, 0.3) is 0 Å². The Morgan fingerprint density at radius 2 is 1.77 bits per heavy atom. The number of carbonyl (C=O) groups is 1. The molecule has 0 atom stereocenters. The minimum absolute atomic E-state index is 0. The first-order valence-corrected chi connectivity index (χ1v) is 10.2. The van der Waals surface area contributed by atoms with Crippen LogP contribution in [0.3, 0.4) is 0 Å². The summed E-state index contributed by atoms with van der Waals surface area (Å²) in [4.78, 5) is 12.1. The Hall–Kier alpha value is -1.81. The number of rotatable bonds is 6. The summed E-state index contributed by atoms with van der Waals surface area (Å²) < 4.78 is 0. The van der Waals surface area contributed by atoms with E-state index in [-0.39, 0.29) is 46.6 Å². The zero-order valence-electron chi connectivity index (χ0n) is 18.3. The number of hydrogen-bond acceptors (Lipinski definition) is 2. The Morgan fingerprint density at radius 3 is 2.40 bits per heavy atom. The first-order chi connectivity index (χ1) is 13.7. The van der Waals surface area contributed by atoms with E-state index in [4.69, 9.17) is 0 Å². The minimum atomic E-state index is -0.194. The molecule has 156 valence electrons. The van der Waals surface area contributed by atoms with Crippen LogP contribution in [-0.4, -0.2) is 40.6 Å². The van der Waals surface area contributed by atoms with E-state index in [1.807, 2.05) is 19.1 Å². The Labute approximate surface area is 203 Å². The van der Waals surface area contributed by atoms with Crippen LogP contribution in [0.5, 0.6) is 5.75 Å². The molecule has 0 saturated heterocycles. The van der Waals surface area contributed by atoms with Gasteiger partial charge >= 0.3 is 29.6 Å². The molecule has 3 nitrogen and oxygen atoms in total. The van der Waals surface area contributed by atoms with Gasteiger partial charge in [0.2, 0.25) is 5.91 Å². The summed E-state index contributed by atoms with van der Waals surface area (Å²) >= 11 is 0. The number of hydrogen-bond donors (Lipinski definition) is 2. The molecule has 1 aliphatic carbocycles. The third-order valence-corrected chi connectivity index (χ3v) is 5.27. The second-order valence-electron chi connectivity index (χ2n) is 8.46. The molecule has 1 aromatic carbocycles. The van der Waals surface area contributed by atoms with E-state index in [0.29, 0.717) is 5.69 Å². The summed E-state index contributed by atoms with van der Waals surface area (Å²) in [7, 11) is 0. The number of allylic oxidation sites excluding steroid dienone is 9. The van der Waals surface area contributed by atoms with Gasteiger partial charge in [-0.1, -0.05) is 55.4 Å². The molecule has 4 heteroatoms. The number of nitrogens with one attached hydrogen (secondary N) is 1. The zero-order valence-corrected chi connectivity index (χ0v) is 18.3. The fraction of sp³-hybridized carbons (Fsp3) is 0.346. The third-order valence-electron chi connectivity index (χ3n) is 5.27. The van der Waals surface area contributed by atoms with Crippen molar-refractivity contribution in [1.82, 2.24) is 0 Å². The van der Waals surface area contributed by atoms with Crippen LogP contribution < -0.4 is 5.32 Å². The molecule has 2 N–H and O–H groups in total. The molecule has 0 saturated carbocycles. The molecule has 0 heterocycles. The molecule has 0 aliphatic heterocycles. The van der Waals surface area contributed by atoms with E-state index in [1.165, 1.54) is 36.0 Å². The van der Waals surface area contributed by atoms with Crippen LogP contribution in [0.2, 0.25) is 0 Å². The van der Waals surface area contributed by atoms with Crippen LogP contribution in [0.4, 0.5) is 5.69 Å². The van der Waals surface area contributed by atoms with E-state index < -0.39 is 0 Å². The molecule has 0 spiro atoms. The van der Waals surface area contributed by atoms with Crippen molar-refractivity contribution in [3.05, 3.63) is 83.0 Å². The van der Waals surface area contributed by atoms with Gasteiger partial charge in [0.25, 0.3) is 0 Å². The molecule has 30 heavy (non-hydrogen) atoms. The number of anilines is 1. The molecule has 0 bridgehead atoms. The molecule has 0 fully saturated rings. The molecular formula is C26H34NNaO2. The summed E-state index contributed by atoms with van der Waals surface area (Å²) in [6, 6.07) is 6.41. The average molecular weight is 416 g/mol. The zero-order chi connectivity index (χ0) is 21.4. The SMILES string of the molecule is CC1=C(/C=C/C(C)=C/C=C/C(C)=C/C(=O)Nc2ccc(O)cc2)C(C)(C)CCC1.[NaH]. The van der Waals surface area contributed by atoms with Crippen LogP contribution in [0, 0.1) is 5.41 Å². The summed E-state index contributed by atoms with van der Waals surface area (Å²) in [5.41, 5.74) is 5.89. The van der Waals surface area contributed by atoms with Crippen molar-refractivity contribution < 1.29 is 9.90 Å². The summed E-state index contributed by atoms with van der Waals surface area (Å²) in [6.45, 7) is 10.9. The molecule has 0 unspecified atom stereocenters. The van der Waals surface area contributed by atoms with Crippen molar-refractivity contribution in [1.29, 1.82) is 0 Å². The number of carbonyl (C=O) groups excluding carboxylic acids is 1. The second kappa shape index (κ2) is 12.1. The fourth-order valence-corrected chi connectivity index (χ4v) is 3.61. The van der Waals surface area contributed by atoms with Crippen LogP contribution >= 0.6 is 0 Å². The monoisotopic (exact) mass is 415 g/mol. The van der Waals surface area contributed by atoms with Gasteiger partial charge in [-0.15, -0.1) is 0 Å². The van der Waals surface area contributed by atoms with Crippen molar-refractivity contribution in [2.75, 3.05) is 5.32 Å². The molecule has 1 amide bonds. The first kappa shape index (κ1) is 26.2. The molecule has 0 aromatic heterocycles. The molecule has 1 aliphatic rings. The van der Waals surface area contributed by atoms with Crippen LogP contribution in [0.15, 0.2) is 83.0 Å². The van der Waals surface area contributed by atoms with Crippen LogP contribution in [0.1, 0.15) is 53.9 Å². The molecular weight excluding hydrogens is 381 g/mol. The summed E-state index contributed by atoms with van der Waals surface area (Å²) in [5.74, 6) is -0.0206. The number of benzene rings is 1. The Balaban J connectivity index is 0.00000450. The van der Waals surface area contributed by atoms with Crippen molar-refractivity contribution in [2.24, 2.45) is 5.41 Å². The topological polar surface area (TPSA) is 49.3 Å². The Morgan fingerprint density at radius 1 is 1.10 bits per heavy atom. The first-order valence-electron chi connectivity index (χ1n) is 10.2. The quantitative estimate of drug-likeness (QED) is 0.251. The number of amides is 1. The maximum absolute atomic E-state index is 12.1. The summed E-state index contributed by atoms with van der Waals surface area (Å²) in [6.07, 6.45) is 15.6. The predicted molar refractivity (Wildman–Crippen MR) is 130 cm³/mol. The van der Waals surface area contributed by atoms with Gasteiger partial charge in [-0.3, -0.25) is 4.79 Å². The summed E-state index contributed by atoms with van der Waals surface area (Å²) in [5, 5.41) is 12.1. The van der Waals surface area contributed by atoms with E-state index in [2.05, 4.69) is 51.2 Å². The van der Waals surface area contributed by atoms with Gasteiger partial charge in [0.15, 0.2) is 0 Å². The van der Waals surface area contributed by atoms with E-state index in [9.17, 15) is 9.90 Å².